The molecule has 0 amide bonds. The van der Waals surface area contributed by atoms with Gasteiger partial charge in [-0.1, -0.05) is 18.7 Å². The highest BCUT2D eigenvalue weighted by Gasteiger charge is 2.10. The van der Waals surface area contributed by atoms with Crippen molar-refractivity contribution in [2.45, 2.75) is 30.8 Å². The zero-order valence-electron chi connectivity index (χ0n) is 10.3. The van der Waals surface area contributed by atoms with Crippen LogP contribution in [0.15, 0.2) is 9.57 Å². The fourth-order valence-corrected chi connectivity index (χ4v) is 2.01. The molecular formula is C9H15N7OS. The van der Waals surface area contributed by atoms with Crippen molar-refractivity contribution in [3.63, 3.8) is 0 Å². The Bertz CT molecular complexity index is 483. The Morgan fingerprint density at radius 2 is 2.11 bits per heavy atom. The third kappa shape index (κ3) is 3.26. The van der Waals surface area contributed by atoms with Crippen molar-refractivity contribution in [2.75, 3.05) is 13.6 Å². The van der Waals surface area contributed by atoms with Gasteiger partial charge in [0.2, 0.25) is 16.9 Å². The third-order valence-corrected chi connectivity index (χ3v) is 3.15. The largest absolute Gasteiger partial charge is 0.424 e. The average Bonchev–Trinajstić information content (AvgIpc) is 3.02. The lowest BCUT2D eigenvalue weighted by molar-refractivity contribution is 0.469. The van der Waals surface area contributed by atoms with Crippen LogP contribution in [0, 0.1) is 0 Å². The second-order valence-electron chi connectivity index (χ2n) is 3.52. The van der Waals surface area contributed by atoms with Crippen LogP contribution in [0.25, 0.3) is 0 Å². The molecule has 0 unspecified atom stereocenters. The van der Waals surface area contributed by atoms with Gasteiger partial charge in [-0.05, 0) is 17.5 Å². The van der Waals surface area contributed by atoms with Gasteiger partial charge in [-0.3, -0.25) is 0 Å². The van der Waals surface area contributed by atoms with Crippen molar-refractivity contribution < 1.29 is 4.42 Å². The third-order valence-electron chi connectivity index (χ3n) is 2.21. The SMILES string of the molecule is CCc1nnc(CSc2nnnn2CCNC)o1. The summed E-state index contributed by atoms with van der Waals surface area (Å²) >= 11 is 1.48. The van der Waals surface area contributed by atoms with Gasteiger partial charge >= 0.3 is 0 Å². The number of hydrogen-bond acceptors (Lipinski definition) is 8. The van der Waals surface area contributed by atoms with Gasteiger partial charge in [-0.25, -0.2) is 4.68 Å². The molecule has 0 spiro atoms. The molecule has 9 heteroatoms. The zero-order valence-corrected chi connectivity index (χ0v) is 11.1. The number of hydrogen-bond donors (Lipinski definition) is 1. The number of aryl methyl sites for hydroxylation is 1. The van der Waals surface area contributed by atoms with E-state index in [0.717, 1.165) is 24.7 Å². The molecule has 0 saturated heterocycles. The molecule has 1 N–H and O–H groups in total. The number of nitrogens with one attached hydrogen (secondary N) is 1. The van der Waals surface area contributed by atoms with Crippen LogP contribution in [-0.2, 0) is 18.7 Å². The Hall–Kier alpha value is -1.48. The molecule has 18 heavy (non-hydrogen) atoms. The molecule has 0 atom stereocenters. The van der Waals surface area contributed by atoms with E-state index >= 15 is 0 Å². The fraction of sp³-hybridized carbons (Fsp3) is 0.667. The van der Waals surface area contributed by atoms with Gasteiger partial charge < -0.3 is 9.73 Å². The molecule has 0 aromatic carbocycles. The van der Waals surface area contributed by atoms with Crippen LogP contribution in [-0.4, -0.2) is 44.0 Å². The first-order chi connectivity index (χ1) is 8.83. The summed E-state index contributed by atoms with van der Waals surface area (Å²) in [6.45, 7) is 3.53. The highest BCUT2D eigenvalue weighted by molar-refractivity contribution is 7.98. The van der Waals surface area contributed by atoms with Crippen LogP contribution in [0.1, 0.15) is 18.7 Å². The van der Waals surface area contributed by atoms with E-state index < -0.39 is 0 Å². The molecule has 0 bridgehead atoms. The summed E-state index contributed by atoms with van der Waals surface area (Å²) in [7, 11) is 1.89. The minimum Gasteiger partial charge on any atom is -0.424 e. The minimum absolute atomic E-state index is 0.576. The number of nitrogens with zero attached hydrogens (tertiary/aromatic N) is 6. The van der Waals surface area contributed by atoms with Crippen LogP contribution in [0.5, 0.6) is 0 Å². The van der Waals surface area contributed by atoms with Gasteiger partial charge in [0.25, 0.3) is 0 Å². The van der Waals surface area contributed by atoms with Crippen LogP contribution < -0.4 is 5.32 Å². The van der Waals surface area contributed by atoms with Crippen molar-refractivity contribution >= 4 is 11.8 Å². The maximum Gasteiger partial charge on any atom is 0.226 e. The normalized spacial score (nSPS) is 11.0. The first-order valence-corrected chi connectivity index (χ1v) is 6.67. The predicted octanol–water partition coefficient (Wildman–Crippen LogP) is 0.130. The number of likely N-dealkylation sites (N-methyl/N-ethyl adjacent to an activating group) is 1. The number of thioether (sulfide) groups is 1. The monoisotopic (exact) mass is 269 g/mol. The van der Waals surface area contributed by atoms with E-state index in [1.807, 2.05) is 14.0 Å². The molecule has 0 saturated carbocycles. The summed E-state index contributed by atoms with van der Waals surface area (Å²) in [6.07, 6.45) is 0.748. The van der Waals surface area contributed by atoms with E-state index in [2.05, 4.69) is 31.0 Å². The van der Waals surface area contributed by atoms with Crippen LogP contribution >= 0.6 is 11.8 Å². The van der Waals surface area contributed by atoms with Gasteiger partial charge in [-0.15, -0.1) is 15.3 Å². The Morgan fingerprint density at radius 1 is 1.28 bits per heavy atom. The van der Waals surface area contributed by atoms with E-state index in [1.165, 1.54) is 11.8 Å². The van der Waals surface area contributed by atoms with Gasteiger partial charge in [0.1, 0.15) is 0 Å². The maximum absolute atomic E-state index is 5.42. The summed E-state index contributed by atoms with van der Waals surface area (Å²) in [5, 5.41) is 23.2. The lowest BCUT2D eigenvalue weighted by atomic mass is 10.5. The maximum atomic E-state index is 5.42. The smallest absolute Gasteiger partial charge is 0.226 e. The molecular weight excluding hydrogens is 254 g/mol. The molecule has 8 nitrogen and oxygen atoms in total. The predicted molar refractivity (Wildman–Crippen MR) is 65.0 cm³/mol. The zero-order chi connectivity index (χ0) is 12.8. The van der Waals surface area contributed by atoms with Crippen molar-refractivity contribution in [3.8, 4) is 0 Å². The number of tetrazole rings is 1. The highest BCUT2D eigenvalue weighted by atomic mass is 32.2. The van der Waals surface area contributed by atoms with Crippen LogP contribution in [0.2, 0.25) is 0 Å². The average molecular weight is 269 g/mol. The van der Waals surface area contributed by atoms with E-state index in [4.69, 9.17) is 4.42 Å². The Morgan fingerprint density at radius 3 is 2.83 bits per heavy atom. The van der Waals surface area contributed by atoms with Gasteiger partial charge in [0.05, 0.1) is 12.3 Å². The van der Waals surface area contributed by atoms with E-state index in [0.29, 0.717) is 17.5 Å². The first kappa shape index (κ1) is 13.0. The summed E-state index contributed by atoms with van der Waals surface area (Å²) in [6, 6.07) is 0. The number of aromatic nitrogens is 6. The van der Waals surface area contributed by atoms with Crippen molar-refractivity contribution in [1.29, 1.82) is 0 Å². The highest BCUT2D eigenvalue weighted by Crippen LogP contribution is 2.18. The quantitative estimate of drug-likeness (QED) is 0.709. The molecule has 2 heterocycles. The summed E-state index contributed by atoms with van der Waals surface area (Å²) in [5.41, 5.74) is 0. The fourth-order valence-electron chi connectivity index (χ4n) is 1.27. The molecule has 0 fully saturated rings. The standard InChI is InChI=1S/C9H15N7OS/c1-3-7-11-12-8(17-7)6-18-9-13-14-15-16(9)5-4-10-2/h10H,3-6H2,1-2H3. The molecule has 0 aliphatic heterocycles. The first-order valence-electron chi connectivity index (χ1n) is 5.68. The van der Waals surface area contributed by atoms with Gasteiger partial charge in [-0.2, -0.15) is 0 Å². The van der Waals surface area contributed by atoms with Crippen LogP contribution in [0.3, 0.4) is 0 Å². The second-order valence-corrected chi connectivity index (χ2v) is 4.46. The minimum atomic E-state index is 0.576. The van der Waals surface area contributed by atoms with E-state index in [-0.39, 0.29) is 0 Å². The van der Waals surface area contributed by atoms with Crippen molar-refractivity contribution in [1.82, 2.24) is 35.7 Å². The molecule has 2 rings (SSSR count). The second kappa shape index (κ2) is 6.45. The molecule has 2 aromatic heterocycles. The van der Waals surface area contributed by atoms with Crippen molar-refractivity contribution in [2.24, 2.45) is 0 Å². The van der Waals surface area contributed by atoms with E-state index in [1.54, 1.807) is 4.68 Å². The molecule has 0 aliphatic rings. The molecule has 0 radical (unpaired) electrons. The Balaban J connectivity index is 1.91. The molecule has 0 aliphatic carbocycles. The Labute approximate surface area is 109 Å². The summed E-state index contributed by atoms with van der Waals surface area (Å²) in [5.74, 6) is 1.83. The summed E-state index contributed by atoms with van der Waals surface area (Å²) < 4.78 is 7.17. The van der Waals surface area contributed by atoms with Gasteiger partial charge in [0.15, 0.2) is 0 Å². The Kier molecular flexibility index (Phi) is 4.65. The number of rotatable bonds is 7. The molecule has 2 aromatic rings. The topological polar surface area (TPSA) is 94.5 Å². The van der Waals surface area contributed by atoms with E-state index in [9.17, 15) is 0 Å². The summed E-state index contributed by atoms with van der Waals surface area (Å²) in [4.78, 5) is 0. The van der Waals surface area contributed by atoms with Crippen LogP contribution in [0.4, 0.5) is 0 Å². The lowest BCUT2D eigenvalue weighted by Gasteiger charge is -2.01. The van der Waals surface area contributed by atoms with Crippen molar-refractivity contribution in [3.05, 3.63) is 11.8 Å². The molecule has 98 valence electrons. The van der Waals surface area contributed by atoms with Gasteiger partial charge in [0, 0.05) is 13.0 Å². The lowest BCUT2D eigenvalue weighted by Crippen LogP contribution is -2.16.